The van der Waals surface area contributed by atoms with Gasteiger partial charge in [0.2, 0.25) is 0 Å². The van der Waals surface area contributed by atoms with Crippen molar-refractivity contribution in [2.75, 3.05) is 12.4 Å². The smallest absolute Gasteiger partial charge is 0.146 e. The van der Waals surface area contributed by atoms with Gasteiger partial charge in [-0.2, -0.15) is 0 Å². The van der Waals surface area contributed by atoms with Crippen LogP contribution in [0.2, 0.25) is 5.02 Å². The van der Waals surface area contributed by atoms with E-state index >= 15 is 0 Å². The molecule has 1 aromatic carbocycles. The lowest BCUT2D eigenvalue weighted by Crippen LogP contribution is -2.02. The van der Waals surface area contributed by atoms with Gasteiger partial charge in [-0.25, -0.2) is 4.98 Å². The number of halogens is 1. The maximum atomic E-state index is 6.15. The van der Waals surface area contributed by atoms with Gasteiger partial charge in [-0.05, 0) is 24.3 Å². The van der Waals surface area contributed by atoms with Gasteiger partial charge in [0, 0.05) is 18.6 Å². The van der Waals surface area contributed by atoms with E-state index in [1.165, 1.54) is 0 Å². The fourth-order valence-corrected chi connectivity index (χ4v) is 2.22. The molecule has 0 fully saturated rings. The molecule has 0 radical (unpaired) electrons. The Kier molecular flexibility index (Phi) is 3.88. The average Bonchev–Trinajstić information content (AvgIpc) is 2.54. The highest BCUT2D eigenvalue weighted by Crippen LogP contribution is 2.25. The van der Waals surface area contributed by atoms with Crippen LogP contribution < -0.4 is 10.1 Å². The van der Waals surface area contributed by atoms with Crippen LogP contribution in [0.5, 0.6) is 5.75 Å². The summed E-state index contributed by atoms with van der Waals surface area (Å²) in [6, 6.07) is 13.4. The summed E-state index contributed by atoms with van der Waals surface area (Å²) < 4.78 is 5.85. The molecule has 3 rings (SSSR count). The van der Waals surface area contributed by atoms with Gasteiger partial charge in [0.1, 0.15) is 23.7 Å². The molecule has 0 unspecified atom stereocenters. The first-order chi connectivity index (χ1) is 10.3. The Labute approximate surface area is 127 Å². The second-order valence-corrected chi connectivity index (χ2v) is 4.90. The lowest BCUT2D eigenvalue weighted by atomic mass is 10.2. The number of hydrogen-bond donors (Lipinski definition) is 1. The van der Waals surface area contributed by atoms with Gasteiger partial charge in [0.25, 0.3) is 0 Å². The van der Waals surface area contributed by atoms with Gasteiger partial charge >= 0.3 is 0 Å². The number of pyridine rings is 2. The summed E-state index contributed by atoms with van der Waals surface area (Å²) in [6.07, 6.45) is 1.75. The summed E-state index contributed by atoms with van der Waals surface area (Å²) in [4.78, 5) is 8.76. The summed E-state index contributed by atoms with van der Waals surface area (Å²) >= 11 is 6.15. The molecule has 3 aromatic rings. The number of benzene rings is 1. The Morgan fingerprint density at radius 1 is 1.14 bits per heavy atom. The lowest BCUT2D eigenvalue weighted by Gasteiger charge is -2.10. The van der Waals surface area contributed by atoms with E-state index in [0.717, 1.165) is 22.5 Å². The Morgan fingerprint density at radius 3 is 2.86 bits per heavy atom. The molecule has 0 amide bonds. The Balaban J connectivity index is 1.87. The minimum Gasteiger partial charge on any atom is -0.485 e. The minimum absolute atomic E-state index is 0.296. The zero-order chi connectivity index (χ0) is 14.7. The minimum atomic E-state index is 0.296. The molecule has 4 nitrogen and oxygen atoms in total. The highest BCUT2D eigenvalue weighted by Gasteiger charge is 2.07. The summed E-state index contributed by atoms with van der Waals surface area (Å²) in [7, 11) is 1.81. The number of nitrogens with one attached hydrogen (secondary N) is 1. The van der Waals surface area contributed by atoms with Crippen molar-refractivity contribution in [2.24, 2.45) is 0 Å². The van der Waals surface area contributed by atoms with Crippen molar-refractivity contribution in [2.45, 2.75) is 6.61 Å². The molecule has 1 N–H and O–H groups in total. The van der Waals surface area contributed by atoms with Gasteiger partial charge in [0.15, 0.2) is 0 Å². The maximum absolute atomic E-state index is 6.15. The third-order valence-corrected chi connectivity index (χ3v) is 3.48. The number of rotatable bonds is 4. The van der Waals surface area contributed by atoms with E-state index in [1.54, 1.807) is 12.3 Å². The highest BCUT2D eigenvalue weighted by atomic mass is 35.5. The van der Waals surface area contributed by atoms with E-state index in [9.17, 15) is 0 Å². The topological polar surface area (TPSA) is 47.0 Å². The fourth-order valence-electron chi connectivity index (χ4n) is 2.06. The number of ether oxygens (including phenoxy) is 1. The summed E-state index contributed by atoms with van der Waals surface area (Å²) in [6.45, 7) is 0.296. The van der Waals surface area contributed by atoms with Crippen LogP contribution in [0.25, 0.3) is 10.9 Å². The van der Waals surface area contributed by atoms with Gasteiger partial charge in [0.05, 0.1) is 10.7 Å². The first-order valence-electron chi connectivity index (χ1n) is 6.57. The van der Waals surface area contributed by atoms with Crippen molar-refractivity contribution >= 4 is 28.3 Å². The second kappa shape index (κ2) is 5.97. The van der Waals surface area contributed by atoms with Gasteiger partial charge in [-0.15, -0.1) is 0 Å². The summed E-state index contributed by atoms with van der Waals surface area (Å²) in [5.74, 6) is 1.48. The van der Waals surface area contributed by atoms with E-state index in [2.05, 4.69) is 15.3 Å². The Hall–Kier alpha value is -2.33. The van der Waals surface area contributed by atoms with Crippen LogP contribution in [0, 0.1) is 0 Å². The SMILES string of the molecule is CNc1ccc(Cl)c(COc2cccc3cccnc23)n1. The number of fused-ring (bicyclic) bond motifs is 1. The molecule has 106 valence electrons. The van der Waals surface area contributed by atoms with Gasteiger partial charge < -0.3 is 10.1 Å². The average molecular weight is 300 g/mol. The molecule has 0 bridgehead atoms. The third kappa shape index (κ3) is 2.90. The van der Waals surface area contributed by atoms with Crippen LogP contribution in [-0.2, 0) is 6.61 Å². The summed E-state index contributed by atoms with van der Waals surface area (Å²) in [5.41, 5.74) is 1.53. The molecule has 0 spiro atoms. The molecule has 0 aliphatic rings. The van der Waals surface area contributed by atoms with Crippen LogP contribution in [0.15, 0.2) is 48.7 Å². The number of anilines is 1. The molecule has 0 aliphatic heterocycles. The number of hydrogen-bond acceptors (Lipinski definition) is 4. The van der Waals surface area contributed by atoms with Crippen LogP contribution in [0.1, 0.15) is 5.69 Å². The monoisotopic (exact) mass is 299 g/mol. The van der Waals surface area contributed by atoms with E-state index in [-0.39, 0.29) is 0 Å². The highest BCUT2D eigenvalue weighted by molar-refractivity contribution is 6.31. The second-order valence-electron chi connectivity index (χ2n) is 4.49. The Bertz CT molecular complexity index is 771. The van der Waals surface area contributed by atoms with Crippen LogP contribution in [-0.4, -0.2) is 17.0 Å². The predicted molar refractivity (Wildman–Crippen MR) is 84.9 cm³/mol. The molecular formula is C16H14ClN3O. The maximum Gasteiger partial charge on any atom is 0.146 e. The zero-order valence-corrected chi connectivity index (χ0v) is 12.3. The van der Waals surface area contributed by atoms with Crippen molar-refractivity contribution < 1.29 is 4.74 Å². The third-order valence-electron chi connectivity index (χ3n) is 3.13. The number of nitrogens with zero attached hydrogens (tertiary/aromatic N) is 2. The van der Waals surface area contributed by atoms with E-state index in [1.807, 2.05) is 43.4 Å². The van der Waals surface area contributed by atoms with E-state index < -0.39 is 0 Å². The molecule has 2 aromatic heterocycles. The summed E-state index contributed by atoms with van der Waals surface area (Å²) in [5, 5.41) is 4.61. The molecule has 0 saturated carbocycles. The van der Waals surface area contributed by atoms with E-state index in [4.69, 9.17) is 16.3 Å². The molecule has 0 atom stereocenters. The molecule has 0 aliphatic carbocycles. The van der Waals surface area contributed by atoms with Crippen molar-refractivity contribution in [1.82, 2.24) is 9.97 Å². The van der Waals surface area contributed by atoms with Crippen molar-refractivity contribution in [3.05, 3.63) is 59.4 Å². The standard InChI is InChI=1S/C16H14ClN3O/c1-18-15-8-7-12(17)13(20-15)10-21-14-6-2-4-11-5-3-9-19-16(11)14/h2-9H,10H2,1H3,(H,18,20). The number of aromatic nitrogens is 2. The fraction of sp³-hybridized carbons (Fsp3) is 0.125. The van der Waals surface area contributed by atoms with Crippen molar-refractivity contribution in [3.63, 3.8) is 0 Å². The number of para-hydroxylation sites is 1. The lowest BCUT2D eigenvalue weighted by molar-refractivity contribution is 0.305. The largest absolute Gasteiger partial charge is 0.485 e. The quantitative estimate of drug-likeness (QED) is 0.793. The molecule has 0 saturated heterocycles. The first kappa shape index (κ1) is 13.6. The van der Waals surface area contributed by atoms with Crippen LogP contribution in [0.4, 0.5) is 5.82 Å². The van der Waals surface area contributed by atoms with Crippen molar-refractivity contribution in [1.29, 1.82) is 0 Å². The van der Waals surface area contributed by atoms with Crippen LogP contribution >= 0.6 is 11.6 Å². The molecule has 5 heteroatoms. The first-order valence-corrected chi connectivity index (χ1v) is 6.95. The van der Waals surface area contributed by atoms with Gasteiger partial charge in [-0.1, -0.05) is 29.8 Å². The van der Waals surface area contributed by atoms with Gasteiger partial charge in [-0.3, -0.25) is 4.98 Å². The molecule has 2 heterocycles. The molecule has 21 heavy (non-hydrogen) atoms. The molecular weight excluding hydrogens is 286 g/mol. The predicted octanol–water partition coefficient (Wildman–Crippen LogP) is 3.90. The van der Waals surface area contributed by atoms with E-state index in [0.29, 0.717) is 17.3 Å². The Morgan fingerprint density at radius 2 is 2.00 bits per heavy atom. The van der Waals surface area contributed by atoms with Crippen molar-refractivity contribution in [3.8, 4) is 5.75 Å². The normalized spacial score (nSPS) is 10.6. The van der Waals surface area contributed by atoms with Crippen LogP contribution in [0.3, 0.4) is 0 Å². The zero-order valence-electron chi connectivity index (χ0n) is 11.5.